The quantitative estimate of drug-likeness (QED) is 0.436. The normalized spacial score (nSPS) is 11.4. The molecule has 5 N–H and O–H groups in total. The molecule has 0 spiro atoms. The van der Waals surface area contributed by atoms with Gasteiger partial charge >= 0.3 is 5.97 Å². The van der Waals surface area contributed by atoms with Gasteiger partial charge in [-0.25, -0.2) is 0 Å². The molecule has 29 heavy (non-hydrogen) atoms. The van der Waals surface area contributed by atoms with Crippen LogP contribution in [0.3, 0.4) is 0 Å². The summed E-state index contributed by atoms with van der Waals surface area (Å²) in [5.74, 6) is -2.83. The van der Waals surface area contributed by atoms with E-state index in [2.05, 4.69) is 16.0 Å². The van der Waals surface area contributed by atoms with E-state index in [0.717, 1.165) is 16.7 Å². The van der Waals surface area contributed by atoms with Gasteiger partial charge in [-0.05, 0) is 46.4 Å². The number of thiophene rings is 1. The first-order valence-electron chi connectivity index (χ1n) is 9.04. The molecule has 154 valence electrons. The van der Waals surface area contributed by atoms with Gasteiger partial charge in [0, 0.05) is 12.8 Å². The summed E-state index contributed by atoms with van der Waals surface area (Å²) in [5.41, 5.74) is 8.19. The number of hydrogen-bond acceptors (Lipinski definition) is 5. The fourth-order valence-electron chi connectivity index (χ4n) is 2.65. The molecule has 0 aliphatic heterocycles. The van der Waals surface area contributed by atoms with Crippen LogP contribution in [0.15, 0.2) is 41.1 Å². The lowest BCUT2D eigenvalue weighted by molar-refractivity contribution is -0.138. The molecule has 0 aliphatic carbocycles. The van der Waals surface area contributed by atoms with E-state index in [1.807, 2.05) is 35.7 Å². The van der Waals surface area contributed by atoms with E-state index in [-0.39, 0.29) is 31.7 Å². The topological polar surface area (TPSA) is 139 Å². The summed E-state index contributed by atoms with van der Waals surface area (Å²) in [6.45, 7) is -0.380. The molecular weight excluding hydrogens is 394 g/mol. The van der Waals surface area contributed by atoms with E-state index in [0.29, 0.717) is 6.42 Å². The van der Waals surface area contributed by atoms with E-state index in [1.165, 1.54) is 0 Å². The highest BCUT2D eigenvalue weighted by atomic mass is 32.1. The summed E-state index contributed by atoms with van der Waals surface area (Å²) in [7, 11) is 0. The second kappa shape index (κ2) is 11.0. The van der Waals surface area contributed by atoms with E-state index in [4.69, 9.17) is 10.8 Å². The zero-order valence-corrected chi connectivity index (χ0v) is 16.5. The maximum Gasteiger partial charge on any atom is 0.303 e. The number of aryl methyl sites for hydroxylation is 1. The number of nitrogens with one attached hydrogen (secondary N) is 2. The minimum absolute atomic E-state index is 0.0823. The van der Waals surface area contributed by atoms with Crippen LogP contribution in [0.4, 0.5) is 0 Å². The number of amides is 3. The van der Waals surface area contributed by atoms with E-state index in [9.17, 15) is 19.2 Å². The van der Waals surface area contributed by atoms with Crippen molar-refractivity contribution in [2.24, 2.45) is 5.73 Å². The molecule has 1 heterocycles. The fourth-order valence-corrected chi connectivity index (χ4v) is 3.32. The number of carboxylic acids is 1. The molecule has 1 aromatic heterocycles. The number of aliphatic carboxylic acids is 1. The third kappa shape index (κ3) is 7.74. The van der Waals surface area contributed by atoms with Crippen molar-refractivity contribution in [3.63, 3.8) is 0 Å². The second-order valence-electron chi connectivity index (χ2n) is 6.45. The van der Waals surface area contributed by atoms with Gasteiger partial charge in [-0.3, -0.25) is 19.2 Å². The summed E-state index contributed by atoms with van der Waals surface area (Å²) in [5, 5.41) is 17.7. The van der Waals surface area contributed by atoms with Crippen LogP contribution in [0.2, 0.25) is 0 Å². The highest BCUT2D eigenvalue weighted by molar-refractivity contribution is 7.08. The van der Waals surface area contributed by atoms with Crippen molar-refractivity contribution in [3.05, 3.63) is 46.7 Å². The number of rotatable bonds is 11. The van der Waals surface area contributed by atoms with Crippen LogP contribution in [0.5, 0.6) is 0 Å². The van der Waals surface area contributed by atoms with Crippen molar-refractivity contribution in [2.45, 2.75) is 31.7 Å². The molecule has 8 nitrogen and oxygen atoms in total. The van der Waals surface area contributed by atoms with E-state index in [1.54, 1.807) is 11.3 Å². The molecule has 2 aromatic rings. The highest BCUT2D eigenvalue weighted by Crippen LogP contribution is 2.22. The summed E-state index contributed by atoms with van der Waals surface area (Å²) in [6.07, 6.45) is 0.245. The van der Waals surface area contributed by atoms with Gasteiger partial charge in [0.2, 0.25) is 17.7 Å². The molecule has 0 radical (unpaired) electrons. The molecule has 0 saturated carbocycles. The van der Waals surface area contributed by atoms with E-state index < -0.39 is 23.8 Å². The first-order valence-corrected chi connectivity index (χ1v) is 9.98. The molecule has 3 amide bonds. The van der Waals surface area contributed by atoms with Crippen LogP contribution in [-0.2, 0) is 25.6 Å². The minimum Gasteiger partial charge on any atom is -0.481 e. The van der Waals surface area contributed by atoms with Crippen molar-refractivity contribution < 1.29 is 24.3 Å². The molecule has 0 aliphatic rings. The van der Waals surface area contributed by atoms with Gasteiger partial charge < -0.3 is 21.5 Å². The number of benzene rings is 1. The summed E-state index contributed by atoms with van der Waals surface area (Å²) in [4.78, 5) is 45.9. The fraction of sp³-hybridized carbons (Fsp3) is 0.300. The molecule has 2 rings (SSSR count). The summed E-state index contributed by atoms with van der Waals surface area (Å²) < 4.78 is 0. The lowest BCUT2D eigenvalue weighted by Gasteiger charge is -2.17. The first kappa shape index (κ1) is 22.1. The third-order valence-corrected chi connectivity index (χ3v) is 4.87. The van der Waals surface area contributed by atoms with Crippen molar-refractivity contribution >= 4 is 35.0 Å². The number of nitrogens with two attached hydrogens (primary N) is 1. The predicted octanol–water partition coefficient (Wildman–Crippen LogP) is 1.30. The third-order valence-electron chi connectivity index (χ3n) is 4.18. The monoisotopic (exact) mass is 417 g/mol. The molecular formula is C20H23N3O5S. The Bertz CT molecular complexity index is 850. The minimum atomic E-state index is -1.09. The number of carbonyl (C=O) groups is 4. The Hall–Kier alpha value is -3.20. The van der Waals surface area contributed by atoms with Crippen LogP contribution >= 0.6 is 11.3 Å². The molecule has 0 fully saturated rings. The number of hydrogen-bond donors (Lipinski definition) is 4. The Balaban J connectivity index is 1.88. The Morgan fingerprint density at radius 3 is 2.34 bits per heavy atom. The average Bonchev–Trinajstić information content (AvgIpc) is 3.22. The SMILES string of the molecule is NC(=O)CNC(=O)C(CCC(=O)O)NC(=O)CCc1ccc(-c2ccsc2)cc1. The van der Waals surface area contributed by atoms with Crippen LogP contribution in [-0.4, -0.2) is 41.4 Å². The van der Waals surface area contributed by atoms with Crippen molar-refractivity contribution in [2.75, 3.05) is 6.54 Å². The van der Waals surface area contributed by atoms with Crippen molar-refractivity contribution in [3.8, 4) is 11.1 Å². The Labute approximate surface area is 172 Å². The van der Waals surface area contributed by atoms with Crippen molar-refractivity contribution in [1.29, 1.82) is 0 Å². The van der Waals surface area contributed by atoms with E-state index >= 15 is 0 Å². The molecule has 1 atom stereocenters. The molecule has 0 saturated heterocycles. The Kier molecular flexibility index (Phi) is 8.35. The zero-order chi connectivity index (χ0) is 21.2. The Morgan fingerprint density at radius 2 is 1.76 bits per heavy atom. The highest BCUT2D eigenvalue weighted by Gasteiger charge is 2.21. The smallest absolute Gasteiger partial charge is 0.303 e. The Morgan fingerprint density at radius 1 is 1.03 bits per heavy atom. The number of carbonyl (C=O) groups excluding carboxylic acids is 3. The van der Waals surface area contributed by atoms with Crippen LogP contribution in [0, 0.1) is 0 Å². The second-order valence-corrected chi connectivity index (χ2v) is 7.23. The summed E-state index contributed by atoms with van der Waals surface area (Å²) in [6, 6.07) is 8.86. The predicted molar refractivity (Wildman–Crippen MR) is 109 cm³/mol. The van der Waals surface area contributed by atoms with Gasteiger partial charge in [0.05, 0.1) is 6.54 Å². The molecule has 0 bridgehead atoms. The lowest BCUT2D eigenvalue weighted by atomic mass is 10.0. The maximum atomic E-state index is 12.2. The van der Waals surface area contributed by atoms with Gasteiger partial charge in [-0.1, -0.05) is 24.3 Å². The lowest BCUT2D eigenvalue weighted by Crippen LogP contribution is -2.48. The van der Waals surface area contributed by atoms with Crippen LogP contribution in [0.1, 0.15) is 24.8 Å². The van der Waals surface area contributed by atoms with Gasteiger partial charge in [-0.2, -0.15) is 11.3 Å². The van der Waals surface area contributed by atoms with Crippen LogP contribution < -0.4 is 16.4 Å². The molecule has 9 heteroatoms. The van der Waals surface area contributed by atoms with Crippen LogP contribution in [0.25, 0.3) is 11.1 Å². The van der Waals surface area contributed by atoms with Gasteiger partial charge in [0.15, 0.2) is 0 Å². The summed E-state index contributed by atoms with van der Waals surface area (Å²) >= 11 is 1.62. The van der Waals surface area contributed by atoms with Crippen molar-refractivity contribution in [1.82, 2.24) is 10.6 Å². The standard InChI is InChI=1S/C20H23N3O5S/c21-17(24)11-22-20(28)16(6-8-19(26)27)23-18(25)7-3-13-1-4-14(5-2-13)15-9-10-29-12-15/h1-2,4-5,9-10,12,16H,3,6-8,11H2,(H2,21,24)(H,22,28)(H,23,25)(H,26,27). The maximum absolute atomic E-state index is 12.2. The van der Waals surface area contributed by atoms with Gasteiger partial charge in [0.25, 0.3) is 0 Å². The molecule has 1 aromatic carbocycles. The van der Waals surface area contributed by atoms with Gasteiger partial charge in [0.1, 0.15) is 6.04 Å². The average molecular weight is 417 g/mol. The largest absolute Gasteiger partial charge is 0.481 e. The first-order chi connectivity index (χ1) is 13.8. The molecule has 1 unspecified atom stereocenters. The number of primary amides is 1. The zero-order valence-electron chi connectivity index (χ0n) is 15.7. The number of carboxylic acid groups (broad SMARTS) is 1. The van der Waals surface area contributed by atoms with Gasteiger partial charge in [-0.15, -0.1) is 0 Å².